The van der Waals surface area contributed by atoms with Crippen molar-refractivity contribution in [1.82, 2.24) is 4.98 Å². The maximum absolute atomic E-state index is 12.2. The first-order valence-corrected chi connectivity index (χ1v) is 10.8. The Hall–Kier alpha value is -2.89. The number of carbonyl (C=O) groups is 1. The molecule has 0 atom stereocenters. The minimum atomic E-state index is -0.209. The summed E-state index contributed by atoms with van der Waals surface area (Å²) in [7, 11) is 0. The molecule has 0 unspecified atom stereocenters. The van der Waals surface area contributed by atoms with E-state index in [1.807, 2.05) is 68.4 Å². The van der Waals surface area contributed by atoms with Crippen molar-refractivity contribution in [2.75, 3.05) is 11.9 Å². The number of nitrogens with one attached hydrogen (secondary N) is 1. The summed E-state index contributed by atoms with van der Waals surface area (Å²) in [6, 6.07) is 19.6. The predicted molar refractivity (Wildman–Crippen MR) is 124 cm³/mol. The lowest BCUT2D eigenvalue weighted by molar-refractivity contribution is -0.118. The summed E-state index contributed by atoms with van der Waals surface area (Å²) in [6.07, 6.45) is 0.770. The molecule has 0 fully saturated rings. The van der Waals surface area contributed by atoms with Crippen molar-refractivity contribution in [1.29, 1.82) is 0 Å². The molecule has 0 saturated carbocycles. The number of thiazole rings is 1. The second-order valence-corrected chi connectivity index (χ2v) is 8.65. The first-order chi connectivity index (χ1) is 14.5. The van der Waals surface area contributed by atoms with Gasteiger partial charge in [0.1, 0.15) is 5.75 Å². The maximum atomic E-state index is 12.2. The lowest BCUT2D eigenvalue weighted by atomic mass is 10.1. The van der Waals surface area contributed by atoms with E-state index in [1.54, 1.807) is 11.3 Å². The van der Waals surface area contributed by atoms with E-state index in [-0.39, 0.29) is 12.5 Å². The lowest BCUT2D eigenvalue weighted by Crippen LogP contribution is -2.20. The van der Waals surface area contributed by atoms with Gasteiger partial charge in [-0.25, -0.2) is 4.98 Å². The third kappa shape index (κ3) is 4.81. The van der Waals surface area contributed by atoms with Crippen LogP contribution in [-0.2, 0) is 11.2 Å². The van der Waals surface area contributed by atoms with Crippen LogP contribution in [0.1, 0.15) is 21.7 Å². The van der Waals surface area contributed by atoms with Crippen LogP contribution < -0.4 is 10.1 Å². The Balaban J connectivity index is 1.33. The quantitative estimate of drug-likeness (QED) is 0.393. The molecule has 0 spiro atoms. The topological polar surface area (TPSA) is 51.2 Å². The summed E-state index contributed by atoms with van der Waals surface area (Å²) in [4.78, 5) is 16.9. The Morgan fingerprint density at radius 3 is 2.47 bits per heavy atom. The van der Waals surface area contributed by atoms with Gasteiger partial charge < -0.3 is 10.1 Å². The van der Waals surface area contributed by atoms with Gasteiger partial charge in [-0.15, -0.1) is 11.3 Å². The number of halogens is 1. The molecular formula is C24H21ClN2O2S. The minimum absolute atomic E-state index is 0.0615. The fourth-order valence-corrected chi connectivity index (χ4v) is 4.32. The van der Waals surface area contributed by atoms with Gasteiger partial charge in [0.15, 0.2) is 6.61 Å². The number of para-hydroxylation sites is 1. The van der Waals surface area contributed by atoms with Gasteiger partial charge in [0, 0.05) is 17.1 Å². The molecule has 4 rings (SSSR count). The normalized spacial score (nSPS) is 10.9. The van der Waals surface area contributed by atoms with Gasteiger partial charge in [0.05, 0.1) is 15.2 Å². The molecule has 0 radical (unpaired) electrons. The standard InChI is InChI=1S/C24H21ClN2O2S/c1-15-11-19(12-16(2)24(15)25)29-14-22(28)26-18-9-7-17(8-10-18)13-23-27-20-5-3-4-6-21(20)30-23/h3-12H,13-14H2,1-2H3,(H,26,28). The molecule has 0 saturated heterocycles. The Labute approximate surface area is 184 Å². The maximum Gasteiger partial charge on any atom is 0.262 e. The van der Waals surface area contributed by atoms with E-state index in [0.717, 1.165) is 44.3 Å². The minimum Gasteiger partial charge on any atom is -0.484 e. The number of benzene rings is 3. The fourth-order valence-electron chi connectivity index (χ4n) is 3.21. The van der Waals surface area contributed by atoms with Crippen LogP contribution in [-0.4, -0.2) is 17.5 Å². The highest BCUT2D eigenvalue weighted by atomic mass is 35.5. The number of hydrogen-bond acceptors (Lipinski definition) is 4. The summed E-state index contributed by atoms with van der Waals surface area (Å²) in [5.74, 6) is 0.426. The average molecular weight is 437 g/mol. The predicted octanol–water partition coefficient (Wildman–Crippen LogP) is 6.17. The van der Waals surface area contributed by atoms with Gasteiger partial charge in [-0.1, -0.05) is 35.9 Å². The van der Waals surface area contributed by atoms with Crippen molar-refractivity contribution < 1.29 is 9.53 Å². The summed E-state index contributed by atoms with van der Waals surface area (Å²) in [6.45, 7) is 3.77. The Morgan fingerprint density at radius 1 is 1.07 bits per heavy atom. The zero-order valence-corrected chi connectivity index (χ0v) is 18.3. The second-order valence-electron chi connectivity index (χ2n) is 7.16. The highest BCUT2D eigenvalue weighted by molar-refractivity contribution is 7.18. The molecule has 4 aromatic rings. The van der Waals surface area contributed by atoms with Crippen molar-refractivity contribution in [2.24, 2.45) is 0 Å². The molecule has 6 heteroatoms. The number of fused-ring (bicyclic) bond motifs is 1. The largest absolute Gasteiger partial charge is 0.484 e. The van der Waals surface area contributed by atoms with E-state index in [4.69, 9.17) is 16.3 Å². The van der Waals surface area contributed by atoms with E-state index in [9.17, 15) is 4.79 Å². The molecule has 1 heterocycles. The zero-order chi connectivity index (χ0) is 21.1. The number of nitrogens with zero attached hydrogens (tertiary/aromatic N) is 1. The van der Waals surface area contributed by atoms with Crippen molar-refractivity contribution in [3.63, 3.8) is 0 Å². The molecular weight excluding hydrogens is 416 g/mol. The van der Waals surface area contributed by atoms with Crippen LogP contribution in [0.4, 0.5) is 5.69 Å². The van der Waals surface area contributed by atoms with Crippen molar-refractivity contribution >= 4 is 44.7 Å². The number of carbonyl (C=O) groups excluding carboxylic acids is 1. The molecule has 0 aliphatic heterocycles. The molecule has 152 valence electrons. The van der Waals surface area contributed by atoms with E-state index < -0.39 is 0 Å². The van der Waals surface area contributed by atoms with E-state index >= 15 is 0 Å². The summed E-state index contributed by atoms with van der Waals surface area (Å²) in [5, 5.41) is 4.66. The smallest absolute Gasteiger partial charge is 0.262 e. The van der Waals surface area contributed by atoms with Crippen LogP contribution in [0.2, 0.25) is 5.02 Å². The fraction of sp³-hybridized carbons (Fsp3) is 0.167. The third-order valence-electron chi connectivity index (χ3n) is 4.71. The second kappa shape index (κ2) is 8.86. The van der Waals surface area contributed by atoms with Gasteiger partial charge in [0.2, 0.25) is 0 Å². The number of amides is 1. The van der Waals surface area contributed by atoms with Crippen molar-refractivity contribution in [3.05, 3.63) is 87.4 Å². The first-order valence-electron chi connectivity index (χ1n) is 9.61. The number of aromatic nitrogens is 1. The van der Waals surface area contributed by atoms with Gasteiger partial charge in [-0.2, -0.15) is 0 Å². The Morgan fingerprint density at radius 2 is 1.77 bits per heavy atom. The number of aryl methyl sites for hydroxylation is 2. The number of ether oxygens (including phenoxy) is 1. The van der Waals surface area contributed by atoms with Crippen LogP contribution in [0.5, 0.6) is 5.75 Å². The molecule has 1 amide bonds. The van der Waals surface area contributed by atoms with Crippen LogP contribution in [0.15, 0.2) is 60.7 Å². The van der Waals surface area contributed by atoms with Gasteiger partial charge in [-0.3, -0.25) is 4.79 Å². The van der Waals surface area contributed by atoms with Crippen molar-refractivity contribution in [3.8, 4) is 5.75 Å². The highest BCUT2D eigenvalue weighted by Gasteiger charge is 2.08. The SMILES string of the molecule is Cc1cc(OCC(=O)Nc2ccc(Cc3nc4ccccc4s3)cc2)cc(C)c1Cl. The van der Waals surface area contributed by atoms with Crippen LogP contribution in [0, 0.1) is 13.8 Å². The van der Waals surface area contributed by atoms with Gasteiger partial charge >= 0.3 is 0 Å². The number of hydrogen-bond donors (Lipinski definition) is 1. The first kappa shape index (κ1) is 20.4. The Bertz CT molecular complexity index is 1150. The summed E-state index contributed by atoms with van der Waals surface area (Å²) >= 11 is 7.87. The molecule has 1 N–H and O–H groups in total. The average Bonchev–Trinajstić information content (AvgIpc) is 3.14. The van der Waals surface area contributed by atoms with E-state index in [1.165, 1.54) is 4.70 Å². The molecule has 0 aliphatic carbocycles. The van der Waals surface area contributed by atoms with E-state index in [2.05, 4.69) is 16.4 Å². The lowest BCUT2D eigenvalue weighted by Gasteiger charge is -2.10. The summed E-state index contributed by atoms with van der Waals surface area (Å²) < 4.78 is 6.81. The highest BCUT2D eigenvalue weighted by Crippen LogP contribution is 2.26. The molecule has 30 heavy (non-hydrogen) atoms. The van der Waals surface area contributed by atoms with E-state index in [0.29, 0.717) is 5.75 Å². The van der Waals surface area contributed by atoms with Gasteiger partial charge in [0.25, 0.3) is 5.91 Å². The van der Waals surface area contributed by atoms with Crippen LogP contribution >= 0.6 is 22.9 Å². The van der Waals surface area contributed by atoms with Crippen molar-refractivity contribution in [2.45, 2.75) is 20.3 Å². The number of anilines is 1. The third-order valence-corrected chi connectivity index (χ3v) is 6.34. The van der Waals surface area contributed by atoms with Gasteiger partial charge in [-0.05, 0) is 66.9 Å². The molecule has 1 aromatic heterocycles. The molecule has 0 bridgehead atoms. The molecule has 3 aromatic carbocycles. The zero-order valence-electron chi connectivity index (χ0n) is 16.7. The number of rotatable bonds is 6. The molecule has 0 aliphatic rings. The Kier molecular flexibility index (Phi) is 6.02. The van der Waals surface area contributed by atoms with Crippen LogP contribution in [0.25, 0.3) is 10.2 Å². The van der Waals surface area contributed by atoms with Crippen LogP contribution in [0.3, 0.4) is 0 Å². The summed E-state index contributed by atoms with van der Waals surface area (Å²) in [5.41, 5.74) is 4.77. The molecule has 4 nitrogen and oxygen atoms in total. The monoisotopic (exact) mass is 436 g/mol.